The van der Waals surface area contributed by atoms with Crippen LogP contribution in [-0.2, 0) is 11.3 Å². The van der Waals surface area contributed by atoms with E-state index in [0.29, 0.717) is 17.9 Å². The van der Waals surface area contributed by atoms with Gasteiger partial charge in [0.05, 0.1) is 12.2 Å². The van der Waals surface area contributed by atoms with Gasteiger partial charge >= 0.3 is 0 Å². The molecule has 1 N–H and O–H groups in total. The Balaban J connectivity index is 1.63. The van der Waals surface area contributed by atoms with Gasteiger partial charge in [0.1, 0.15) is 0 Å². The van der Waals surface area contributed by atoms with Gasteiger partial charge in [-0.1, -0.05) is 6.07 Å². The summed E-state index contributed by atoms with van der Waals surface area (Å²) in [6.07, 6.45) is 5.19. The van der Waals surface area contributed by atoms with Gasteiger partial charge in [0.25, 0.3) is 0 Å². The molecule has 1 aliphatic carbocycles. The lowest BCUT2D eigenvalue weighted by Gasteiger charge is -2.26. The van der Waals surface area contributed by atoms with Crippen LogP contribution in [0.2, 0.25) is 0 Å². The highest BCUT2D eigenvalue weighted by atomic mass is 16.2. The van der Waals surface area contributed by atoms with Gasteiger partial charge in [-0.2, -0.15) is 0 Å². The lowest BCUT2D eigenvalue weighted by atomic mass is 9.91. The van der Waals surface area contributed by atoms with Gasteiger partial charge in [0, 0.05) is 18.7 Å². The molecule has 4 nitrogen and oxygen atoms in total. The van der Waals surface area contributed by atoms with Crippen molar-refractivity contribution >= 4 is 5.91 Å². The molecule has 0 bridgehead atoms. The van der Waals surface area contributed by atoms with Crippen LogP contribution in [0.5, 0.6) is 0 Å². The van der Waals surface area contributed by atoms with Crippen molar-refractivity contribution in [3.8, 4) is 0 Å². The van der Waals surface area contributed by atoms with Crippen molar-refractivity contribution in [1.82, 2.24) is 15.2 Å². The number of hydrogen-bond donors (Lipinski definition) is 1. The molecule has 1 saturated heterocycles. The monoisotopic (exact) mass is 273 g/mol. The molecule has 1 aromatic heterocycles. The smallest absolute Gasteiger partial charge is 0.226 e. The molecule has 0 radical (unpaired) electrons. The largest absolute Gasteiger partial charge is 0.337 e. The quantitative estimate of drug-likeness (QED) is 0.910. The van der Waals surface area contributed by atoms with E-state index in [0.717, 1.165) is 44.6 Å². The molecule has 2 heterocycles. The van der Waals surface area contributed by atoms with Crippen molar-refractivity contribution in [2.24, 2.45) is 11.3 Å². The summed E-state index contributed by atoms with van der Waals surface area (Å²) in [4.78, 5) is 19.0. The minimum atomic E-state index is 0.258. The van der Waals surface area contributed by atoms with E-state index in [1.54, 1.807) is 6.20 Å². The van der Waals surface area contributed by atoms with Crippen molar-refractivity contribution in [1.29, 1.82) is 0 Å². The SMILES string of the molecule is CCN(Cc1ccccn1)C(=O)C1CC12CCNCC2. The number of hydrogen-bond acceptors (Lipinski definition) is 3. The summed E-state index contributed by atoms with van der Waals surface area (Å²) in [6, 6.07) is 5.88. The fraction of sp³-hybridized carbons (Fsp3) is 0.625. The van der Waals surface area contributed by atoms with E-state index < -0.39 is 0 Å². The van der Waals surface area contributed by atoms with Crippen molar-refractivity contribution in [2.45, 2.75) is 32.7 Å². The first-order chi connectivity index (χ1) is 9.75. The van der Waals surface area contributed by atoms with Crippen LogP contribution in [-0.4, -0.2) is 35.4 Å². The first-order valence-corrected chi connectivity index (χ1v) is 7.64. The Bertz CT molecular complexity index is 468. The van der Waals surface area contributed by atoms with Crippen LogP contribution in [0.3, 0.4) is 0 Å². The maximum atomic E-state index is 12.7. The van der Waals surface area contributed by atoms with E-state index in [2.05, 4.69) is 17.2 Å². The fourth-order valence-corrected chi connectivity index (χ4v) is 3.43. The van der Waals surface area contributed by atoms with Crippen molar-refractivity contribution in [3.05, 3.63) is 30.1 Å². The van der Waals surface area contributed by atoms with Crippen LogP contribution >= 0.6 is 0 Å². The zero-order valence-electron chi connectivity index (χ0n) is 12.1. The average molecular weight is 273 g/mol. The second kappa shape index (κ2) is 5.52. The molecular formula is C16H23N3O. The maximum Gasteiger partial charge on any atom is 0.226 e. The van der Waals surface area contributed by atoms with Crippen LogP contribution < -0.4 is 5.32 Å². The lowest BCUT2D eigenvalue weighted by Crippen LogP contribution is -2.36. The number of amides is 1. The van der Waals surface area contributed by atoms with Crippen LogP contribution in [0.4, 0.5) is 0 Å². The van der Waals surface area contributed by atoms with E-state index >= 15 is 0 Å². The van der Waals surface area contributed by atoms with Crippen LogP contribution in [0.1, 0.15) is 31.9 Å². The van der Waals surface area contributed by atoms with Crippen molar-refractivity contribution in [3.63, 3.8) is 0 Å². The molecule has 20 heavy (non-hydrogen) atoms. The summed E-state index contributed by atoms with van der Waals surface area (Å²) >= 11 is 0. The molecule has 108 valence electrons. The molecule has 1 aliphatic heterocycles. The van der Waals surface area contributed by atoms with Gasteiger partial charge in [0.2, 0.25) is 5.91 Å². The van der Waals surface area contributed by atoms with E-state index in [9.17, 15) is 4.79 Å². The summed E-state index contributed by atoms with van der Waals surface area (Å²) < 4.78 is 0. The zero-order chi connectivity index (χ0) is 14.0. The third-order valence-corrected chi connectivity index (χ3v) is 4.86. The van der Waals surface area contributed by atoms with E-state index in [1.807, 2.05) is 23.1 Å². The number of pyridine rings is 1. The molecule has 1 amide bonds. The first kappa shape index (κ1) is 13.6. The molecular weight excluding hydrogens is 250 g/mol. The molecule has 3 rings (SSSR count). The summed E-state index contributed by atoms with van der Waals surface area (Å²) in [5.74, 6) is 0.591. The minimum absolute atomic E-state index is 0.258. The fourth-order valence-electron chi connectivity index (χ4n) is 3.43. The van der Waals surface area contributed by atoms with E-state index in [4.69, 9.17) is 0 Å². The molecule has 4 heteroatoms. The molecule has 0 aromatic carbocycles. The van der Waals surface area contributed by atoms with Crippen LogP contribution in [0.25, 0.3) is 0 Å². The number of nitrogens with zero attached hydrogens (tertiary/aromatic N) is 2. The summed E-state index contributed by atoms with van der Waals surface area (Å²) in [6.45, 7) is 5.59. The second-order valence-electron chi connectivity index (χ2n) is 6.04. The average Bonchev–Trinajstić information content (AvgIpc) is 3.19. The first-order valence-electron chi connectivity index (χ1n) is 7.64. The Kier molecular flexibility index (Phi) is 3.74. The summed E-state index contributed by atoms with van der Waals surface area (Å²) in [5.41, 5.74) is 1.29. The summed E-state index contributed by atoms with van der Waals surface area (Å²) in [5, 5.41) is 3.39. The van der Waals surface area contributed by atoms with Gasteiger partial charge in [0.15, 0.2) is 0 Å². The van der Waals surface area contributed by atoms with E-state index in [1.165, 1.54) is 0 Å². The third-order valence-electron chi connectivity index (χ3n) is 4.86. The Morgan fingerprint density at radius 3 is 2.90 bits per heavy atom. The maximum absolute atomic E-state index is 12.7. The van der Waals surface area contributed by atoms with Gasteiger partial charge in [-0.15, -0.1) is 0 Å². The topological polar surface area (TPSA) is 45.2 Å². The van der Waals surface area contributed by atoms with Gasteiger partial charge in [-0.3, -0.25) is 9.78 Å². The minimum Gasteiger partial charge on any atom is -0.337 e. The number of rotatable bonds is 4. The number of carbonyl (C=O) groups is 1. The highest BCUT2D eigenvalue weighted by Gasteiger charge is 2.58. The Labute approximate surface area is 120 Å². The highest BCUT2D eigenvalue weighted by Crippen LogP contribution is 2.59. The van der Waals surface area contributed by atoms with Crippen LogP contribution in [0.15, 0.2) is 24.4 Å². The van der Waals surface area contributed by atoms with Gasteiger partial charge < -0.3 is 10.2 Å². The molecule has 2 aliphatic rings. The molecule has 1 aromatic rings. The third kappa shape index (κ3) is 2.57. The molecule has 1 spiro atoms. The summed E-state index contributed by atoms with van der Waals surface area (Å²) in [7, 11) is 0. The van der Waals surface area contributed by atoms with Crippen molar-refractivity contribution < 1.29 is 4.79 Å². The normalized spacial score (nSPS) is 23.6. The van der Waals surface area contributed by atoms with Crippen LogP contribution in [0, 0.1) is 11.3 Å². The molecule has 1 atom stereocenters. The predicted molar refractivity (Wildman–Crippen MR) is 78.0 cm³/mol. The number of nitrogens with one attached hydrogen (secondary N) is 1. The second-order valence-corrected chi connectivity index (χ2v) is 6.04. The number of carbonyl (C=O) groups excluding carboxylic acids is 1. The highest BCUT2D eigenvalue weighted by molar-refractivity contribution is 5.82. The van der Waals surface area contributed by atoms with Crippen molar-refractivity contribution in [2.75, 3.05) is 19.6 Å². The zero-order valence-corrected chi connectivity index (χ0v) is 12.1. The number of aromatic nitrogens is 1. The van der Waals surface area contributed by atoms with E-state index in [-0.39, 0.29) is 5.92 Å². The van der Waals surface area contributed by atoms with Gasteiger partial charge in [-0.05, 0) is 56.8 Å². The predicted octanol–water partition coefficient (Wildman–Crippen LogP) is 1.82. The Morgan fingerprint density at radius 1 is 1.45 bits per heavy atom. The molecule has 1 unspecified atom stereocenters. The Hall–Kier alpha value is -1.42. The Morgan fingerprint density at radius 2 is 2.25 bits per heavy atom. The molecule has 2 fully saturated rings. The standard InChI is InChI=1S/C16H23N3O/c1-2-19(12-13-5-3-4-8-18-13)15(20)14-11-16(14)6-9-17-10-7-16/h3-5,8,14,17H,2,6-7,9-12H2,1H3. The molecule has 1 saturated carbocycles. The van der Waals surface area contributed by atoms with Gasteiger partial charge in [-0.25, -0.2) is 0 Å². The number of piperidine rings is 1. The lowest BCUT2D eigenvalue weighted by molar-refractivity contribution is -0.134.